The van der Waals surface area contributed by atoms with Crippen LogP contribution in [0.4, 0.5) is 11.4 Å². The Balaban J connectivity index is 1.75. The lowest BCUT2D eigenvalue weighted by Crippen LogP contribution is -2.28. The number of nitrogens with zero attached hydrogens (tertiary/aromatic N) is 2. The Hall–Kier alpha value is -2.49. The summed E-state index contributed by atoms with van der Waals surface area (Å²) in [6.45, 7) is 1.20. The quantitative estimate of drug-likeness (QED) is 0.743. The largest absolute Gasteiger partial charge is 0.491 e. The van der Waals surface area contributed by atoms with Gasteiger partial charge in [0.2, 0.25) is 0 Å². The van der Waals surface area contributed by atoms with Crippen LogP contribution in [0.15, 0.2) is 41.4 Å². The molecule has 2 aromatic carbocycles. The van der Waals surface area contributed by atoms with E-state index in [1.807, 2.05) is 19.3 Å². The van der Waals surface area contributed by atoms with Crippen molar-refractivity contribution in [1.29, 1.82) is 0 Å². The second-order valence-electron chi connectivity index (χ2n) is 5.82. The third kappa shape index (κ3) is 1.27. The maximum absolute atomic E-state index is 5.99. The zero-order valence-corrected chi connectivity index (χ0v) is 11.7. The number of fused-ring (bicyclic) bond motifs is 5. The zero-order valence-electron chi connectivity index (χ0n) is 11.7. The van der Waals surface area contributed by atoms with E-state index >= 15 is 0 Å². The number of para-hydroxylation sites is 1. The van der Waals surface area contributed by atoms with Crippen LogP contribution in [0.25, 0.3) is 0 Å². The molecule has 0 radical (unpaired) electrons. The molecule has 1 spiro atoms. The highest BCUT2D eigenvalue weighted by Gasteiger charge is 2.46. The van der Waals surface area contributed by atoms with Crippen molar-refractivity contribution >= 4 is 17.6 Å². The van der Waals surface area contributed by atoms with E-state index in [1.54, 1.807) is 0 Å². The van der Waals surface area contributed by atoms with Crippen LogP contribution in [0.1, 0.15) is 11.1 Å². The molecule has 1 atom stereocenters. The topological polar surface area (TPSA) is 34.1 Å². The minimum absolute atomic E-state index is 0.258. The Morgan fingerprint density at radius 1 is 1.10 bits per heavy atom. The number of hydrogen-bond donors (Lipinski definition) is 0. The summed E-state index contributed by atoms with van der Waals surface area (Å²) < 4.78 is 11.7. The molecule has 3 aliphatic heterocycles. The molecular weight excluding hydrogens is 264 g/mol. The van der Waals surface area contributed by atoms with Crippen LogP contribution in [-0.4, -0.2) is 26.6 Å². The van der Waals surface area contributed by atoms with Gasteiger partial charge in [-0.05, 0) is 17.7 Å². The van der Waals surface area contributed by atoms with E-state index in [4.69, 9.17) is 9.47 Å². The molecule has 0 saturated heterocycles. The maximum Gasteiger partial charge on any atom is 0.161 e. The molecule has 104 valence electrons. The molecular formula is C17H14N2O2. The van der Waals surface area contributed by atoms with Crippen LogP contribution in [0, 0.1) is 0 Å². The van der Waals surface area contributed by atoms with Gasteiger partial charge in [0, 0.05) is 24.9 Å². The first-order valence-corrected chi connectivity index (χ1v) is 7.08. The molecule has 3 aliphatic rings. The average Bonchev–Trinajstić information content (AvgIpc) is 3.18. The number of hydrogen-bond acceptors (Lipinski definition) is 4. The van der Waals surface area contributed by atoms with Gasteiger partial charge in [0.1, 0.15) is 18.1 Å². The standard InChI is InChI=1S/C17H14N2O2/c1-19-10-21-16-6-12-15(7-14(16)19)20-9-17(12)8-18-13-5-3-2-4-11(13)17/h2-8H,9-10H2,1H3. The van der Waals surface area contributed by atoms with Gasteiger partial charge in [-0.3, -0.25) is 4.99 Å². The second kappa shape index (κ2) is 3.58. The van der Waals surface area contributed by atoms with E-state index in [-0.39, 0.29) is 5.41 Å². The molecule has 0 amide bonds. The van der Waals surface area contributed by atoms with Crippen LogP contribution in [-0.2, 0) is 5.41 Å². The van der Waals surface area contributed by atoms with Crippen molar-refractivity contribution in [1.82, 2.24) is 0 Å². The summed E-state index contributed by atoms with van der Waals surface area (Å²) in [5.41, 5.74) is 4.24. The van der Waals surface area contributed by atoms with Crippen molar-refractivity contribution in [3.05, 3.63) is 47.5 Å². The fourth-order valence-electron chi connectivity index (χ4n) is 3.48. The van der Waals surface area contributed by atoms with Crippen LogP contribution >= 0.6 is 0 Å². The Morgan fingerprint density at radius 2 is 2.00 bits per heavy atom. The molecule has 4 heteroatoms. The van der Waals surface area contributed by atoms with Crippen LogP contribution in [0.2, 0.25) is 0 Å². The summed E-state index contributed by atoms with van der Waals surface area (Å²) in [5, 5.41) is 0. The molecule has 2 aromatic rings. The number of anilines is 1. The smallest absolute Gasteiger partial charge is 0.161 e. The van der Waals surface area contributed by atoms with Gasteiger partial charge in [0.25, 0.3) is 0 Å². The minimum atomic E-state index is -0.258. The summed E-state index contributed by atoms with van der Waals surface area (Å²) in [6.07, 6.45) is 2.02. The summed E-state index contributed by atoms with van der Waals surface area (Å²) in [7, 11) is 2.02. The maximum atomic E-state index is 5.99. The normalized spacial score (nSPS) is 23.8. The highest BCUT2D eigenvalue weighted by atomic mass is 16.5. The van der Waals surface area contributed by atoms with Gasteiger partial charge < -0.3 is 14.4 Å². The van der Waals surface area contributed by atoms with E-state index in [1.165, 1.54) is 5.56 Å². The summed E-state index contributed by atoms with van der Waals surface area (Å²) >= 11 is 0. The van der Waals surface area contributed by atoms with Gasteiger partial charge in [-0.15, -0.1) is 0 Å². The van der Waals surface area contributed by atoms with Crippen molar-refractivity contribution < 1.29 is 9.47 Å². The van der Waals surface area contributed by atoms with E-state index in [2.05, 4.69) is 40.2 Å². The molecule has 0 bridgehead atoms. The van der Waals surface area contributed by atoms with Crippen molar-refractivity contribution in [2.75, 3.05) is 25.3 Å². The van der Waals surface area contributed by atoms with Gasteiger partial charge in [-0.1, -0.05) is 18.2 Å². The van der Waals surface area contributed by atoms with Crippen molar-refractivity contribution in [2.45, 2.75) is 5.41 Å². The minimum Gasteiger partial charge on any atom is -0.491 e. The molecule has 0 saturated carbocycles. The van der Waals surface area contributed by atoms with E-state index in [0.29, 0.717) is 13.3 Å². The summed E-state index contributed by atoms with van der Waals surface area (Å²) in [6, 6.07) is 12.5. The summed E-state index contributed by atoms with van der Waals surface area (Å²) in [4.78, 5) is 6.67. The Morgan fingerprint density at radius 3 is 2.95 bits per heavy atom. The highest BCUT2D eigenvalue weighted by molar-refractivity contribution is 5.92. The fourth-order valence-corrected chi connectivity index (χ4v) is 3.48. The first-order valence-electron chi connectivity index (χ1n) is 7.08. The van der Waals surface area contributed by atoms with Gasteiger partial charge in [0.05, 0.1) is 16.8 Å². The molecule has 5 rings (SSSR count). The predicted octanol–water partition coefficient (Wildman–Crippen LogP) is 2.87. The SMILES string of the molecule is CN1COc2cc3c(cc21)OCC31C=Nc2ccccc21. The number of aliphatic imine (C=N–C) groups is 1. The Bertz CT molecular complexity index is 799. The zero-order chi connectivity index (χ0) is 14.0. The molecule has 0 aliphatic carbocycles. The first-order chi connectivity index (χ1) is 10.3. The molecule has 1 unspecified atom stereocenters. The van der Waals surface area contributed by atoms with Crippen molar-refractivity contribution in [2.24, 2.45) is 4.99 Å². The van der Waals surface area contributed by atoms with Gasteiger partial charge in [-0.2, -0.15) is 0 Å². The summed E-state index contributed by atoms with van der Waals surface area (Å²) in [5.74, 6) is 1.87. The predicted molar refractivity (Wildman–Crippen MR) is 81.2 cm³/mol. The molecule has 3 heterocycles. The monoisotopic (exact) mass is 278 g/mol. The third-order valence-electron chi connectivity index (χ3n) is 4.63. The lowest BCUT2D eigenvalue weighted by Gasteiger charge is -2.20. The average molecular weight is 278 g/mol. The van der Waals surface area contributed by atoms with E-state index in [0.717, 1.165) is 28.4 Å². The van der Waals surface area contributed by atoms with Crippen LogP contribution < -0.4 is 14.4 Å². The molecule has 21 heavy (non-hydrogen) atoms. The lowest BCUT2D eigenvalue weighted by atomic mass is 9.78. The Labute approximate surface area is 122 Å². The van der Waals surface area contributed by atoms with Crippen LogP contribution in [0.5, 0.6) is 11.5 Å². The van der Waals surface area contributed by atoms with Crippen LogP contribution in [0.3, 0.4) is 0 Å². The first kappa shape index (κ1) is 11.2. The Kier molecular flexibility index (Phi) is 1.91. The van der Waals surface area contributed by atoms with Gasteiger partial charge in [0.15, 0.2) is 6.73 Å². The molecule has 0 N–H and O–H groups in total. The van der Waals surface area contributed by atoms with Crippen molar-refractivity contribution in [3.63, 3.8) is 0 Å². The number of benzene rings is 2. The third-order valence-corrected chi connectivity index (χ3v) is 4.63. The van der Waals surface area contributed by atoms with Gasteiger partial charge in [-0.25, -0.2) is 0 Å². The lowest BCUT2D eigenvalue weighted by molar-refractivity contribution is 0.328. The fraction of sp³-hybridized carbons (Fsp3) is 0.235. The van der Waals surface area contributed by atoms with Crippen molar-refractivity contribution in [3.8, 4) is 11.5 Å². The second-order valence-corrected chi connectivity index (χ2v) is 5.82. The number of rotatable bonds is 0. The molecule has 0 aromatic heterocycles. The molecule has 4 nitrogen and oxygen atoms in total. The number of ether oxygens (including phenoxy) is 2. The van der Waals surface area contributed by atoms with E-state index < -0.39 is 0 Å². The highest BCUT2D eigenvalue weighted by Crippen LogP contribution is 2.52. The van der Waals surface area contributed by atoms with E-state index in [9.17, 15) is 0 Å². The van der Waals surface area contributed by atoms with Gasteiger partial charge >= 0.3 is 0 Å². The molecule has 0 fully saturated rings.